The predicted octanol–water partition coefficient (Wildman–Crippen LogP) is 3.73. The molecule has 5 heteroatoms. The summed E-state index contributed by atoms with van der Waals surface area (Å²) < 4.78 is 5.48. The first-order valence-electron chi connectivity index (χ1n) is 7.96. The molecule has 0 fully saturated rings. The molecule has 2 aromatic rings. The van der Waals surface area contributed by atoms with Crippen molar-refractivity contribution in [2.24, 2.45) is 0 Å². The van der Waals surface area contributed by atoms with Gasteiger partial charge in [0.05, 0.1) is 12.3 Å². The number of nitrogens with one attached hydrogen (secondary N) is 2. The number of para-hydroxylation sites is 2. The summed E-state index contributed by atoms with van der Waals surface area (Å²) in [4.78, 5) is 23.3. The van der Waals surface area contributed by atoms with Gasteiger partial charge in [-0.05, 0) is 50.2 Å². The van der Waals surface area contributed by atoms with E-state index < -0.39 is 0 Å². The number of ketones is 1. The lowest BCUT2D eigenvalue weighted by Gasteiger charge is -2.11. The van der Waals surface area contributed by atoms with E-state index in [-0.39, 0.29) is 11.7 Å². The number of benzene rings is 2. The van der Waals surface area contributed by atoms with E-state index in [0.29, 0.717) is 36.6 Å². The summed E-state index contributed by atoms with van der Waals surface area (Å²) in [6.45, 7) is 4.49. The third-order valence-electron chi connectivity index (χ3n) is 3.43. The van der Waals surface area contributed by atoms with Gasteiger partial charge in [-0.1, -0.05) is 12.1 Å². The molecule has 0 saturated heterocycles. The van der Waals surface area contributed by atoms with Crippen LogP contribution in [0.4, 0.5) is 11.4 Å². The molecular weight excluding hydrogens is 304 g/mol. The van der Waals surface area contributed by atoms with Crippen molar-refractivity contribution in [1.82, 2.24) is 0 Å². The van der Waals surface area contributed by atoms with Crippen molar-refractivity contribution in [2.75, 3.05) is 23.8 Å². The molecule has 0 aliphatic carbocycles. The second-order valence-corrected chi connectivity index (χ2v) is 5.29. The number of Topliss-reactive ketones (excluding diaryl/α,β-unsaturated/α-hetero) is 1. The Morgan fingerprint density at radius 2 is 1.75 bits per heavy atom. The van der Waals surface area contributed by atoms with Gasteiger partial charge in [0.1, 0.15) is 5.75 Å². The molecule has 0 spiro atoms. The smallest absolute Gasteiger partial charge is 0.226 e. The van der Waals surface area contributed by atoms with E-state index in [4.69, 9.17) is 4.74 Å². The van der Waals surface area contributed by atoms with Crippen LogP contribution < -0.4 is 15.4 Å². The molecule has 0 atom stereocenters. The highest BCUT2D eigenvalue weighted by molar-refractivity contribution is 5.94. The number of rotatable bonds is 8. The fraction of sp³-hybridized carbons (Fsp3) is 0.263. The van der Waals surface area contributed by atoms with Crippen molar-refractivity contribution in [3.05, 3.63) is 54.1 Å². The van der Waals surface area contributed by atoms with Crippen LogP contribution in [0.2, 0.25) is 0 Å². The quantitative estimate of drug-likeness (QED) is 0.725. The van der Waals surface area contributed by atoms with Gasteiger partial charge in [-0.15, -0.1) is 0 Å². The lowest BCUT2D eigenvalue weighted by molar-refractivity contribution is -0.116. The zero-order valence-corrected chi connectivity index (χ0v) is 14.0. The standard InChI is InChI=1S/C19H22N2O3/c1-3-24-18-7-5-4-6-17(18)21-19(23)12-13-20-16-10-8-15(9-11-16)14(2)22/h4-11,20H,3,12-13H2,1-2H3,(H,21,23). The Balaban J connectivity index is 1.82. The van der Waals surface area contributed by atoms with E-state index in [9.17, 15) is 9.59 Å². The van der Waals surface area contributed by atoms with Crippen LogP contribution in [0.5, 0.6) is 5.75 Å². The summed E-state index contributed by atoms with van der Waals surface area (Å²) in [5.41, 5.74) is 2.23. The number of hydrogen-bond donors (Lipinski definition) is 2. The molecule has 24 heavy (non-hydrogen) atoms. The van der Waals surface area contributed by atoms with Crippen LogP contribution >= 0.6 is 0 Å². The molecule has 1 amide bonds. The summed E-state index contributed by atoms with van der Waals surface area (Å²) in [7, 11) is 0. The van der Waals surface area contributed by atoms with Gasteiger partial charge in [-0.25, -0.2) is 0 Å². The van der Waals surface area contributed by atoms with Gasteiger partial charge in [-0.2, -0.15) is 0 Å². The molecule has 2 N–H and O–H groups in total. The number of ether oxygens (including phenoxy) is 1. The average molecular weight is 326 g/mol. The Bertz CT molecular complexity index is 696. The molecule has 0 heterocycles. The number of carbonyl (C=O) groups is 2. The summed E-state index contributed by atoms with van der Waals surface area (Å²) in [5, 5.41) is 6.02. The van der Waals surface area contributed by atoms with Gasteiger partial charge in [0.15, 0.2) is 5.78 Å². The van der Waals surface area contributed by atoms with Gasteiger partial charge >= 0.3 is 0 Å². The minimum Gasteiger partial charge on any atom is -0.492 e. The molecule has 0 aromatic heterocycles. The minimum atomic E-state index is -0.0880. The lowest BCUT2D eigenvalue weighted by atomic mass is 10.1. The summed E-state index contributed by atoms with van der Waals surface area (Å²) >= 11 is 0. The highest BCUT2D eigenvalue weighted by atomic mass is 16.5. The third-order valence-corrected chi connectivity index (χ3v) is 3.43. The molecule has 126 valence electrons. The van der Waals surface area contributed by atoms with Crippen molar-refractivity contribution in [3.63, 3.8) is 0 Å². The predicted molar refractivity (Wildman–Crippen MR) is 95.8 cm³/mol. The van der Waals surface area contributed by atoms with Gasteiger partial charge in [0.2, 0.25) is 5.91 Å². The van der Waals surface area contributed by atoms with E-state index in [1.54, 1.807) is 12.1 Å². The van der Waals surface area contributed by atoms with Crippen LogP contribution in [0.25, 0.3) is 0 Å². The number of anilines is 2. The highest BCUT2D eigenvalue weighted by Crippen LogP contribution is 2.23. The van der Waals surface area contributed by atoms with Gasteiger partial charge < -0.3 is 15.4 Å². The zero-order valence-electron chi connectivity index (χ0n) is 14.0. The van der Waals surface area contributed by atoms with Gasteiger partial charge in [0.25, 0.3) is 0 Å². The largest absolute Gasteiger partial charge is 0.492 e. The van der Waals surface area contributed by atoms with Crippen LogP contribution in [-0.4, -0.2) is 24.8 Å². The Morgan fingerprint density at radius 3 is 2.42 bits per heavy atom. The number of amides is 1. The first kappa shape index (κ1) is 17.5. The summed E-state index contributed by atoms with van der Waals surface area (Å²) in [6.07, 6.45) is 0.328. The molecule has 0 bridgehead atoms. The second kappa shape index (κ2) is 8.72. The number of carbonyl (C=O) groups excluding carboxylic acids is 2. The molecule has 2 aromatic carbocycles. The average Bonchev–Trinajstić information content (AvgIpc) is 2.57. The van der Waals surface area contributed by atoms with E-state index in [1.165, 1.54) is 6.92 Å². The fourth-order valence-corrected chi connectivity index (χ4v) is 2.21. The van der Waals surface area contributed by atoms with Gasteiger partial charge in [-0.3, -0.25) is 9.59 Å². The fourth-order valence-electron chi connectivity index (χ4n) is 2.21. The van der Waals surface area contributed by atoms with Crippen LogP contribution in [0.3, 0.4) is 0 Å². The van der Waals surface area contributed by atoms with E-state index in [0.717, 1.165) is 5.69 Å². The third kappa shape index (κ3) is 5.12. The molecular formula is C19H22N2O3. The van der Waals surface area contributed by atoms with Crippen molar-refractivity contribution in [3.8, 4) is 5.75 Å². The highest BCUT2D eigenvalue weighted by Gasteiger charge is 2.07. The first-order valence-corrected chi connectivity index (χ1v) is 7.96. The second-order valence-electron chi connectivity index (χ2n) is 5.29. The molecule has 2 rings (SSSR count). The maximum Gasteiger partial charge on any atom is 0.226 e. The van der Waals surface area contributed by atoms with Crippen LogP contribution in [-0.2, 0) is 4.79 Å². The Labute approximate surface area is 142 Å². The molecule has 0 unspecified atom stereocenters. The van der Waals surface area contributed by atoms with Crippen molar-refractivity contribution < 1.29 is 14.3 Å². The summed E-state index contributed by atoms with van der Waals surface area (Å²) in [5.74, 6) is 0.616. The molecule has 5 nitrogen and oxygen atoms in total. The molecule has 0 aliphatic rings. The molecule has 0 saturated carbocycles. The maximum absolute atomic E-state index is 12.1. The topological polar surface area (TPSA) is 67.4 Å². The molecule has 0 aliphatic heterocycles. The minimum absolute atomic E-state index is 0.0360. The van der Waals surface area contributed by atoms with E-state index in [2.05, 4.69) is 10.6 Å². The maximum atomic E-state index is 12.1. The summed E-state index contributed by atoms with van der Waals surface area (Å²) in [6, 6.07) is 14.6. The van der Waals surface area contributed by atoms with Crippen LogP contribution in [0.15, 0.2) is 48.5 Å². The lowest BCUT2D eigenvalue weighted by Crippen LogP contribution is -2.16. The normalized spacial score (nSPS) is 10.1. The first-order chi connectivity index (χ1) is 11.6. The van der Waals surface area contributed by atoms with E-state index >= 15 is 0 Å². The Morgan fingerprint density at radius 1 is 1.04 bits per heavy atom. The molecule has 0 radical (unpaired) electrons. The monoisotopic (exact) mass is 326 g/mol. The SMILES string of the molecule is CCOc1ccccc1NC(=O)CCNc1ccc(C(C)=O)cc1. The Kier molecular flexibility index (Phi) is 6.37. The number of hydrogen-bond acceptors (Lipinski definition) is 4. The van der Waals surface area contributed by atoms with Crippen LogP contribution in [0.1, 0.15) is 30.6 Å². The van der Waals surface area contributed by atoms with Gasteiger partial charge in [0, 0.05) is 24.2 Å². The van der Waals surface area contributed by atoms with E-state index in [1.807, 2.05) is 43.3 Å². The van der Waals surface area contributed by atoms with Crippen molar-refractivity contribution in [2.45, 2.75) is 20.3 Å². The zero-order chi connectivity index (χ0) is 17.4. The van der Waals surface area contributed by atoms with Crippen molar-refractivity contribution in [1.29, 1.82) is 0 Å². The Hall–Kier alpha value is -2.82. The van der Waals surface area contributed by atoms with Crippen LogP contribution in [0, 0.1) is 0 Å². The van der Waals surface area contributed by atoms with Crippen molar-refractivity contribution >= 4 is 23.1 Å².